The van der Waals surface area contributed by atoms with Crippen LogP contribution in [0.15, 0.2) is 42.5 Å². The average molecular weight is 351 g/mol. The maximum atomic E-state index is 12.9. The van der Waals surface area contributed by atoms with Crippen molar-refractivity contribution in [2.24, 2.45) is 0 Å². The van der Waals surface area contributed by atoms with Crippen LogP contribution in [-0.2, 0) is 0 Å². The lowest BCUT2D eigenvalue weighted by atomic mass is 10.1. The van der Waals surface area contributed by atoms with Gasteiger partial charge < -0.3 is 10.2 Å². The summed E-state index contributed by atoms with van der Waals surface area (Å²) >= 11 is 1.69. The summed E-state index contributed by atoms with van der Waals surface area (Å²) in [5.41, 5.74) is 4.13. The van der Waals surface area contributed by atoms with Crippen molar-refractivity contribution >= 4 is 33.3 Å². The lowest BCUT2D eigenvalue weighted by Gasteiger charge is -2.24. The Labute approximate surface area is 151 Å². The Morgan fingerprint density at radius 2 is 2.08 bits per heavy atom. The Kier molecular flexibility index (Phi) is 4.17. The van der Waals surface area contributed by atoms with Crippen LogP contribution in [0.3, 0.4) is 0 Å². The Morgan fingerprint density at radius 3 is 2.92 bits per heavy atom. The van der Waals surface area contributed by atoms with Gasteiger partial charge in [-0.15, -0.1) is 11.3 Å². The molecule has 0 bridgehead atoms. The molecule has 0 aliphatic carbocycles. The van der Waals surface area contributed by atoms with E-state index in [9.17, 15) is 4.79 Å². The largest absolute Gasteiger partial charge is 0.322 e. The molecule has 1 saturated heterocycles. The van der Waals surface area contributed by atoms with Crippen molar-refractivity contribution in [3.8, 4) is 0 Å². The second-order valence-electron chi connectivity index (χ2n) is 6.62. The van der Waals surface area contributed by atoms with Crippen LogP contribution in [0, 0.1) is 13.8 Å². The first-order valence-electron chi connectivity index (χ1n) is 8.62. The van der Waals surface area contributed by atoms with Crippen LogP contribution in [0.2, 0.25) is 0 Å². The zero-order chi connectivity index (χ0) is 17.4. The van der Waals surface area contributed by atoms with Gasteiger partial charge >= 0.3 is 6.03 Å². The zero-order valence-corrected chi connectivity index (χ0v) is 15.3. The molecule has 1 unspecified atom stereocenters. The van der Waals surface area contributed by atoms with E-state index in [4.69, 9.17) is 4.98 Å². The molecule has 1 aliphatic heterocycles. The SMILES string of the molecule is Cc1ccc(C)c(NC(=O)N2CCCC2c2nc3ccccc3s2)c1. The van der Waals surface area contributed by atoms with E-state index in [0.29, 0.717) is 0 Å². The highest BCUT2D eigenvalue weighted by Gasteiger charge is 2.32. The summed E-state index contributed by atoms with van der Waals surface area (Å²) in [4.78, 5) is 19.6. The topological polar surface area (TPSA) is 45.2 Å². The fourth-order valence-electron chi connectivity index (χ4n) is 3.36. The smallest absolute Gasteiger partial charge is 0.315 e. The van der Waals surface area contributed by atoms with Gasteiger partial charge in [-0.25, -0.2) is 9.78 Å². The van der Waals surface area contributed by atoms with E-state index in [-0.39, 0.29) is 12.1 Å². The van der Waals surface area contributed by atoms with Gasteiger partial charge in [0, 0.05) is 12.2 Å². The highest BCUT2D eigenvalue weighted by molar-refractivity contribution is 7.18. The van der Waals surface area contributed by atoms with Crippen molar-refractivity contribution in [2.45, 2.75) is 32.7 Å². The number of anilines is 1. The average Bonchev–Trinajstić information content (AvgIpc) is 3.24. The lowest BCUT2D eigenvalue weighted by Crippen LogP contribution is -2.34. The van der Waals surface area contributed by atoms with Crippen molar-refractivity contribution in [3.05, 3.63) is 58.6 Å². The van der Waals surface area contributed by atoms with Gasteiger partial charge in [-0.05, 0) is 56.0 Å². The Morgan fingerprint density at radius 1 is 1.24 bits per heavy atom. The molecule has 1 atom stereocenters. The van der Waals surface area contributed by atoms with Gasteiger partial charge in [0.15, 0.2) is 0 Å². The Balaban J connectivity index is 1.58. The molecule has 25 heavy (non-hydrogen) atoms. The number of amides is 2. The number of hydrogen-bond acceptors (Lipinski definition) is 3. The minimum atomic E-state index is -0.0320. The number of aryl methyl sites for hydroxylation is 2. The van der Waals surface area contributed by atoms with E-state index in [1.165, 1.54) is 4.70 Å². The summed E-state index contributed by atoms with van der Waals surface area (Å²) in [6.07, 6.45) is 1.99. The molecule has 4 nitrogen and oxygen atoms in total. The van der Waals surface area contributed by atoms with Crippen LogP contribution in [-0.4, -0.2) is 22.5 Å². The van der Waals surface area contributed by atoms with Crippen molar-refractivity contribution in [3.63, 3.8) is 0 Å². The molecule has 1 N–H and O–H groups in total. The van der Waals surface area contributed by atoms with Crippen LogP contribution in [0.5, 0.6) is 0 Å². The van der Waals surface area contributed by atoms with E-state index in [1.54, 1.807) is 11.3 Å². The van der Waals surface area contributed by atoms with Gasteiger partial charge in [-0.3, -0.25) is 0 Å². The standard InChI is InChI=1S/C20H21N3OS/c1-13-9-10-14(2)16(12-13)22-20(24)23-11-5-7-17(23)19-21-15-6-3-4-8-18(15)25-19/h3-4,6,8-10,12,17H,5,7,11H2,1-2H3,(H,22,24). The second-order valence-corrected chi connectivity index (χ2v) is 7.68. The summed E-state index contributed by atoms with van der Waals surface area (Å²) in [5.74, 6) is 0. The molecule has 3 aromatic rings. The van der Waals surface area contributed by atoms with Gasteiger partial charge in [-0.1, -0.05) is 24.3 Å². The molecular formula is C20H21N3OS. The van der Waals surface area contributed by atoms with Crippen LogP contribution in [0.4, 0.5) is 10.5 Å². The normalized spacial score (nSPS) is 17.2. The molecule has 0 saturated carbocycles. The van der Waals surface area contributed by atoms with Gasteiger partial charge in [0.05, 0.1) is 16.3 Å². The zero-order valence-electron chi connectivity index (χ0n) is 14.5. The first-order chi connectivity index (χ1) is 12.1. The summed E-state index contributed by atoms with van der Waals surface area (Å²) in [5, 5.41) is 4.13. The number of urea groups is 1. The van der Waals surface area contributed by atoms with Gasteiger partial charge in [0.2, 0.25) is 0 Å². The van der Waals surface area contributed by atoms with E-state index >= 15 is 0 Å². The maximum Gasteiger partial charge on any atom is 0.322 e. The number of fused-ring (bicyclic) bond motifs is 1. The molecule has 2 heterocycles. The lowest BCUT2D eigenvalue weighted by molar-refractivity contribution is 0.207. The first-order valence-corrected chi connectivity index (χ1v) is 9.44. The third-order valence-corrected chi connectivity index (χ3v) is 5.88. The predicted octanol–water partition coefficient (Wildman–Crippen LogP) is 5.28. The highest BCUT2D eigenvalue weighted by atomic mass is 32.1. The summed E-state index contributed by atoms with van der Waals surface area (Å²) < 4.78 is 1.18. The molecule has 2 aromatic carbocycles. The number of aromatic nitrogens is 1. The number of carbonyl (C=O) groups is 1. The van der Waals surface area contributed by atoms with Crippen molar-refractivity contribution in [1.82, 2.24) is 9.88 Å². The second kappa shape index (κ2) is 6.48. The number of benzene rings is 2. The predicted molar refractivity (Wildman–Crippen MR) is 103 cm³/mol. The van der Waals surface area contributed by atoms with Gasteiger partial charge in [0.25, 0.3) is 0 Å². The van der Waals surface area contributed by atoms with E-state index < -0.39 is 0 Å². The minimum absolute atomic E-state index is 0.0320. The van der Waals surface area contributed by atoms with Gasteiger partial charge in [0.1, 0.15) is 5.01 Å². The van der Waals surface area contributed by atoms with Crippen LogP contribution < -0.4 is 5.32 Å². The quantitative estimate of drug-likeness (QED) is 0.682. The monoisotopic (exact) mass is 351 g/mol. The molecule has 0 radical (unpaired) electrons. The van der Waals surface area contributed by atoms with E-state index in [2.05, 4.69) is 17.4 Å². The fraction of sp³-hybridized carbons (Fsp3) is 0.300. The third-order valence-electron chi connectivity index (χ3n) is 4.74. The van der Waals surface area contributed by atoms with Crippen LogP contribution in [0.25, 0.3) is 10.2 Å². The molecule has 1 fully saturated rings. The van der Waals surface area contributed by atoms with Crippen molar-refractivity contribution in [2.75, 3.05) is 11.9 Å². The van der Waals surface area contributed by atoms with Crippen molar-refractivity contribution in [1.29, 1.82) is 0 Å². The molecule has 0 spiro atoms. The molecular weight excluding hydrogens is 330 g/mol. The molecule has 1 aliphatic rings. The summed E-state index contributed by atoms with van der Waals surface area (Å²) in [7, 11) is 0. The van der Waals surface area contributed by atoms with E-state index in [0.717, 1.165) is 46.7 Å². The Bertz CT molecular complexity index is 901. The highest BCUT2D eigenvalue weighted by Crippen LogP contribution is 2.36. The summed E-state index contributed by atoms with van der Waals surface area (Å²) in [6, 6.07) is 14.3. The summed E-state index contributed by atoms with van der Waals surface area (Å²) in [6.45, 7) is 4.83. The number of carbonyl (C=O) groups excluding carboxylic acids is 1. The van der Waals surface area contributed by atoms with Crippen molar-refractivity contribution < 1.29 is 4.79 Å². The third kappa shape index (κ3) is 3.12. The van der Waals surface area contributed by atoms with E-state index in [1.807, 2.05) is 49.1 Å². The number of nitrogens with one attached hydrogen (secondary N) is 1. The first kappa shape index (κ1) is 16.1. The number of rotatable bonds is 2. The van der Waals surface area contributed by atoms with Gasteiger partial charge in [-0.2, -0.15) is 0 Å². The fourth-order valence-corrected chi connectivity index (χ4v) is 4.47. The Hall–Kier alpha value is -2.40. The number of nitrogens with zero attached hydrogens (tertiary/aromatic N) is 2. The molecule has 4 rings (SSSR count). The van der Waals surface area contributed by atoms with Crippen LogP contribution >= 0.6 is 11.3 Å². The molecule has 128 valence electrons. The van der Waals surface area contributed by atoms with Crippen LogP contribution in [0.1, 0.15) is 35.0 Å². The number of hydrogen-bond donors (Lipinski definition) is 1. The maximum absolute atomic E-state index is 12.9. The molecule has 5 heteroatoms. The number of thiazole rings is 1. The molecule has 2 amide bonds. The molecule has 1 aromatic heterocycles. The minimum Gasteiger partial charge on any atom is -0.315 e. The number of likely N-dealkylation sites (tertiary alicyclic amines) is 1. The number of para-hydroxylation sites is 1.